The summed E-state index contributed by atoms with van der Waals surface area (Å²) in [5.41, 5.74) is 1.09. The molecular weight excluding hydrogens is 174 g/mol. The Bertz CT molecular complexity index is 279. The van der Waals surface area contributed by atoms with Gasteiger partial charge in [0.1, 0.15) is 5.75 Å². The van der Waals surface area contributed by atoms with Crippen LogP contribution in [0.4, 0.5) is 5.69 Å². The van der Waals surface area contributed by atoms with Crippen molar-refractivity contribution in [2.24, 2.45) is 0 Å². The summed E-state index contributed by atoms with van der Waals surface area (Å²) in [7, 11) is 1.90. The molecule has 2 heteroatoms. The van der Waals surface area contributed by atoms with Gasteiger partial charge in [0.25, 0.3) is 0 Å². The van der Waals surface area contributed by atoms with E-state index in [1.807, 2.05) is 44.3 Å². The van der Waals surface area contributed by atoms with Gasteiger partial charge in [-0.25, -0.2) is 0 Å². The molecule has 76 valence electrons. The smallest absolute Gasteiger partial charge is 0.119 e. The largest absolute Gasteiger partial charge is 0.490 e. The number of rotatable bonds is 5. The maximum Gasteiger partial charge on any atom is 0.119 e. The van der Waals surface area contributed by atoms with Crippen molar-refractivity contribution in [3.05, 3.63) is 36.9 Å². The summed E-state index contributed by atoms with van der Waals surface area (Å²) >= 11 is 0. The van der Waals surface area contributed by atoms with Gasteiger partial charge in [-0.2, -0.15) is 0 Å². The van der Waals surface area contributed by atoms with E-state index < -0.39 is 0 Å². The number of anilines is 1. The van der Waals surface area contributed by atoms with Gasteiger partial charge < -0.3 is 10.1 Å². The first-order chi connectivity index (χ1) is 6.76. The van der Waals surface area contributed by atoms with E-state index in [4.69, 9.17) is 4.74 Å². The minimum absolute atomic E-state index is 0.188. The molecule has 0 spiro atoms. The number of nitrogens with one attached hydrogen (secondary N) is 1. The molecule has 0 aromatic heterocycles. The third kappa shape index (κ3) is 3.13. The van der Waals surface area contributed by atoms with Crippen LogP contribution >= 0.6 is 0 Å². The highest BCUT2D eigenvalue weighted by atomic mass is 16.5. The fourth-order valence-corrected chi connectivity index (χ4v) is 1.22. The van der Waals surface area contributed by atoms with Gasteiger partial charge in [0, 0.05) is 19.2 Å². The molecule has 1 aromatic carbocycles. The first-order valence-corrected chi connectivity index (χ1v) is 4.81. The standard InChI is InChI=1S/C12H17NO/c1-4-5-10(2)14-12-8-6-11(13-3)7-9-12/h4,6-10,13H,1,5H2,2-3H3. The van der Waals surface area contributed by atoms with Crippen LogP contribution in [-0.4, -0.2) is 13.2 Å². The number of benzene rings is 1. The fraction of sp³-hybridized carbons (Fsp3) is 0.333. The van der Waals surface area contributed by atoms with Crippen LogP contribution in [0.2, 0.25) is 0 Å². The average Bonchev–Trinajstić information content (AvgIpc) is 2.19. The van der Waals surface area contributed by atoms with E-state index in [1.54, 1.807) is 0 Å². The first-order valence-electron chi connectivity index (χ1n) is 4.81. The van der Waals surface area contributed by atoms with Gasteiger partial charge >= 0.3 is 0 Å². The van der Waals surface area contributed by atoms with Crippen LogP contribution in [0, 0.1) is 0 Å². The van der Waals surface area contributed by atoms with Crippen LogP contribution in [0.5, 0.6) is 5.75 Å². The molecule has 1 N–H and O–H groups in total. The van der Waals surface area contributed by atoms with Gasteiger partial charge in [-0.05, 0) is 31.2 Å². The van der Waals surface area contributed by atoms with E-state index in [0.29, 0.717) is 0 Å². The zero-order valence-corrected chi connectivity index (χ0v) is 8.79. The van der Waals surface area contributed by atoms with Crippen molar-refractivity contribution < 1.29 is 4.74 Å². The lowest BCUT2D eigenvalue weighted by Gasteiger charge is -2.12. The Morgan fingerprint density at radius 2 is 2.07 bits per heavy atom. The van der Waals surface area contributed by atoms with Gasteiger partial charge in [0.2, 0.25) is 0 Å². The summed E-state index contributed by atoms with van der Waals surface area (Å²) in [6, 6.07) is 7.92. The molecule has 0 aliphatic carbocycles. The molecule has 0 fully saturated rings. The molecule has 1 unspecified atom stereocenters. The second kappa shape index (κ2) is 5.32. The third-order valence-electron chi connectivity index (χ3n) is 1.98. The van der Waals surface area contributed by atoms with Crippen LogP contribution in [0.25, 0.3) is 0 Å². The Kier molecular flexibility index (Phi) is 4.05. The normalized spacial score (nSPS) is 11.9. The van der Waals surface area contributed by atoms with Crippen LogP contribution in [-0.2, 0) is 0 Å². The molecule has 0 saturated carbocycles. The van der Waals surface area contributed by atoms with Gasteiger partial charge in [0.15, 0.2) is 0 Å². The minimum atomic E-state index is 0.188. The molecule has 1 atom stereocenters. The quantitative estimate of drug-likeness (QED) is 0.722. The highest BCUT2D eigenvalue weighted by molar-refractivity contribution is 5.45. The summed E-state index contributed by atoms with van der Waals surface area (Å²) in [6.07, 6.45) is 2.92. The van der Waals surface area contributed by atoms with E-state index >= 15 is 0 Å². The Labute approximate surface area is 85.6 Å². The highest BCUT2D eigenvalue weighted by Gasteiger charge is 2.00. The Morgan fingerprint density at radius 3 is 2.57 bits per heavy atom. The number of hydrogen-bond acceptors (Lipinski definition) is 2. The number of hydrogen-bond donors (Lipinski definition) is 1. The monoisotopic (exact) mass is 191 g/mol. The molecular formula is C12H17NO. The Morgan fingerprint density at radius 1 is 1.43 bits per heavy atom. The lowest BCUT2D eigenvalue weighted by molar-refractivity contribution is 0.225. The summed E-state index contributed by atoms with van der Waals surface area (Å²) in [5.74, 6) is 0.901. The van der Waals surface area contributed by atoms with Crippen molar-refractivity contribution in [3.8, 4) is 5.75 Å². The van der Waals surface area contributed by atoms with Crippen LogP contribution in [0.15, 0.2) is 36.9 Å². The molecule has 2 nitrogen and oxygen atoms in total. The van der Waals surface area contributed by atoms with Crippen molar-refractivity contribution in [2.75, 3.05) is 12.4 Å². The molecule has 1 rings (SSSR count). The lowest BCUT2D eigenvalue weighted by Crippen LogP contribution is -2.09. The highest BCUT2D eigenvalue weighted by Crippen LogP contribution is 2.17. The molecule has 0 radical (unpaired) electrons. The fourth-order valence-electron chi connectivity index (χ4n) is 1.22. The molecule has 0 aliphatic heterocycles. The Hall–Kier alpha value is -1.44. The molecule has 0 bridgehead atoms. The number of ether oxygens (including phenoxy) is 1. The minimum Gasteiger partial charge on any atom is -0.490 e. The first kappa shape index (κ1) is 10.6. The lowest BCUT2D eigenvalue weighted by atomic mass is 10.2. The van der Waals surface area contributed by atoms with Crippen molar-refractivity contribution in [3.63, 3.8) is 0 Å². The van der Waals surface area contributed by atoms with Crippen LogP contribution in [0.1, 0.15) is 13.3 Å². The zero-order valence-electron chi connectivity index (χ0n) is 8.79. The summed E-state index contributed by atoms with van der Waals surface area (Å²) < 4.78 is 5.66. The van der Waals surface area contributed by atoms with Crippen molar-refractivity contribution in [1.29, 1.82) is 0 Å². The molecule has 0 saturated heterocycles. The van der Waals surface area contributed by atoms with E-state index in [1.165, 1.54) is 0 Å². The molecule has 0 aliphatic rings. The molecule has 0 heterocycles. The second-order valence-corrected chi connectivity index (χ2v) is 3.23. The van der Waals surface area contributed by atoms with Gasteiger partial charge in [-0.3, -0.25) is 0 Å². The van der Waals surface area contributed by atoms with Crippen molar-refractivity contribution in [1.82, 2.24) is 0 Å². The predicted octanol–water partition coefficient (Wildman–Crippen LogP) is 3.07. The molecule has 14 heavy (non-hydrogen) atoms. The van der Waals surface area contributed by atoms with Crippen LogP contribution in [0.3, 0.4) is 0 Å². The topological polar surface area (TPSA) is 21.3 Å². The van der Waals surface area contributed by atoms with Gasteiger partial charge in [-0.1, -0.05) is 6.08 Å². The van der Waals surface area contributed by atoms with E-state index in [0.717, 1.165) is 17.9 Å². The average molecular weight is 191 g/mol. The van der Waals surface area contributed by atoms with Gasteiger partial charge in [0.05, 0.1) is 6.10 Å². The molecule has 1 aromatic rings. The second-order valence-electron chi connectivity index (χ2n) is 3.23. The molecule has 0 amide bonds. The SMILES string of the molecule is C=CCC(C)Oc1ccc(NC)cc1. The zero-order chi connectivity index (χ0) is 10.4. The van der Waals surface area contributed by atoms with E-state index in [2.05, 4.69) is 11.9 Å². The maximum atomic E-state index is 5.66. The predicted molar refractivity (Wildman–Crippen MR) is 60.9 cm³/mol. The Balaban J connectivity index is 2.54. The van der Waals surface area contributed by atoms with Crippen molar-refractivity contribution in [2.45, 2.75) is 19.4 Å². The van der Waals surface area contributed by atoms with Crippen LogP contribution < -0.4 is 10.1 Å². The van der Waals surface area contributed by atoms with E-state index in [9.17, 15) is 0 Å². The van der Waals surface area contributed by atoms with Gasteiger partial charge in [-0.15, -0.1) is 6.58 Å². The summed E-state index contributed by atoms with van der Waals surface area (Å²) in [5, 5.41) is 3.06. The maximum absolute atomic E-state index is 5.66. The third-order valence-corrected chi connectivity index (χ3v) is 1.98. The van der Waals surface area contributed by atoms with E-state index in [-0.39, 0.29) is 6.10 Å². The van der Waals surface area contributed by atoms with Crippen molar-refractivity contribution >= 4 is 5.69 Å². The summed E-state index contributed by atoms with van der Waals surface area (Å²) in [6.45, 7) is 5.72. The summed E-state index contributed by atoms with van der Waals surface area (Å²) in [4.78, 5) is 0.